The van der Waals surface area contributed by atoms with E-state index in [1.807, 2.05) is 0 Å². The summed E-state index contributed by atoms with van der Waals surface area (Å²) in [7, 11) is 1.56. The van der Waals surface area contributed by atoms with E-state index in [4.69, 9.17) is 21.7 Å². The number of thiocarbonyl (C=S) groups is 1. The molecule has 0 spiro atoms. The molecule has 4 N–H and O–H groups in total. The minimum absolute atomic E-state index is 0.120. The molecule has 8 heteroatoms. The van der Waals surface area contributed by atoms with Crippen molar-refractivity contribution in [2.75, 3.05) is 46.5 Å². The fourth-order valence-corrected chi connectivity index (χ4v) is 2.78. The largest absolute Gasteiger partial charge is 0.507 e. The monoisotopic (exact) mass is 367 g/mol. The van der Waals surface area contributed by atoms with Crippen LogP contribution in [0.25, 0.3) is 0 Å². The molecule has 1 fully saturated rings. The number of rotatable bonds is 7. The lowest BCUT2D eigenvalue weighted by Crippen LogP contribution is -3.14. The van der Waals surface area contributed by atoms with Crippen molar-refractivity contribution in [1.82, 2.24) is 10.7 Å². The van der Waals surface area contributed by atoms with Crippen LogP contribution in [0.15, 0.2) is 23.3 Å². The zero-order chi connectivity index (χ0) is 18.1. The third-order valence-electron chi connectivity index (χ3n) is 4.11. The summed E-state index contributed by atoms with van der Waals surface area (Å²) in [6.45, 7) is 7.59. The molecule has 0 bridgehead atoms. The summed E-state index contributed by atoms with van der Waals surface area (Å²) in [5, 5.41) is 17.9. The Morgan fingerprint density at radius 1 is 1.40 bits per heavy atom. The molecule has 1 aliphatic rings. The van der Waals surface area contributed by atoms with Crippen molar-refractivity contribution in [2.24, 2.45) is 5.10 Å². The summed E-state index contributed by atoms with van der Waals surface area (Å²) in [6, 6.07) is 5.09. The summed E-state index contributed by atoms with van der Waals surface area (Å²) in [4.78, 5) is 1.58. The van der Waals surface area contributed by atoms with Crippen LogP contribution in [0.2, 0.25) is 0 Å². The van der Waals surface area contributed by atoms with Gasteiger partial charge in [0.1, 0.15) is 24.6 Å². The number of nitrogens with one attached hydrogen (secondary N) is 3. The lowest BCUT2D eigenvalue weighted by molar-refractivity contribution is -0.908. The summed E-state index contributed by atoms with van der Waals surface area (Å²) in [5.41, 5.74) is 4.09. The number of ether oxygens (including phenoxy) is 2. The van der Waals surface area contributed by atoms with Crippen LogP contribution in [-0.4, -0.2) is 62.4 Å². The molecule has 0 unspecified atom stereocenters. The van der Waals surface area contributed by atoms with E-state index in [1.165, 1.54) is 0 Å². The van der Waals surface area contributed by atoms with Crippen molar-refractivity contribution in [1.29, 1.82) is 0 Å². The molecular weight excluding hydrogens is 340 g/mol. The van der Waals surface area contributed by atoms with Gasteiger partial charge < -0.3 is 24.8 Å². The predicted octanol–water partition coefficient (Wildman–Crippen LogP) is -0.106. The second kappa shape index (κ2) is 10.2. The van der Waals surface area contributed by atoms with E-state index >= 15 is 0 Å². The number of benzene rings is 1. The van der Waals surface area contributed by atoms with E-state index in [9.17, 15) is 5.11 Å². The normalized spacial score (nSPS) is 15.7. The van der Waals surface area contributed by atoms with Gasteiger partial charge in [0, 0.05) is 24.6 Å². The van der Waals surface area contributed by atoms with Crippen LogP contribution >= 0.6 is 12.2 Å². The number of nitrogens with zero attached hydrogens (tertiary/aromatic N) is 1. The van der Waals surface area contributed by atoms with Crippen molar-refractivity contribution >= 4 is 23.0 Å². The Labute approximate surface area is 154 Å². The summed E-state index contributed by atoms with van der Waals surface area (Å²) in [6.07, 6.45) is 1.04. The fourth-order valence-electron chi connectivity index (χ4n) is 2.63. The minimum atomic E-state index is 0.120. The maximum atomic E-state index is 10.0. The van der Waals surface area contributed by atoms with E-state index in [0.29, 0.717) is 22.1 Å². The molecule has 0 aliphatic carbocycles. The Bertz CT molecular complexity index is 604. The Hall–Kier alpha value is -1.90. The third kappa shape index (κ3) is 6.49. The summed E-state index contributed by atoms with van der Waals surface area (Å²) >= 11 is 5.23. The van der Waals surface area contributed by atoms with Crippen LogP contribution in [0.4, 0.5) is 0 Å². The average Bonchev–Trinajstić information content (AvgIpc) is 2.64. The molecule has 1 saturated heterocycles. The SMILES string of the molecule is COc1ccc(/C(C)=N/NC(=S)NCCC[NH+]2CCOCC2)c(O)c1. The Morgan fingerprint density at radius 2 is 2.16 bits per heavy atom. The topological polar surface area (TPSA) is 79.5 Å². The highest BCUT2D eigenvalue weighted by Gasteiger charge is 2.12. The number of phenolic OH excluding ortho intramolecular Hbond substituents is 1. The molecule has 0 amide bonds. The molecule has 2 rings (SSSR count). The molecule has 1 aromatic rings. The number of aromatic hydroxyl groups is 1. The van der Waals surface area contributed by atoms with Gasteiger partial charge in [0.05, 0.1) is 32.6 Å². The van der Waals surface area contributed by atoms with E-state index < -0.39 is 0 Å². The van der Waals surface area contributed by atoms with Gasteiger partial charge in [-0.25, -0.2) is 0 Å². The molecule has 7 nitrogen and oxygen atoms in total. The average molecular weight is 367 g/mol. The van der Waals surface area contributed by atoms with Gasteiger partial charge in [0.25, 0.3) is 0 Å². The van der Waals surface area contributed by atoms with Crippen LogP contribution in [-0.2, 0) is 4.74 Å². The first kappa shape index (κ1) is 19.4. The minimum Gasteiger partial charge on any atom is -0.507 e. The predicted molar refractivity (Wildman–Crippen MR) is 102 cm³/mol. The molecule has 0 saturated carbocycles. The smallest absolute Gasteiger partial charge is 0.186 e. The molecular formula is C17H27N4O3S+. The first-order valence-corrected chi connectivity index (χ1v) is 8.88. The van der Waals surface area contributed by atoms with Crippen molar-refractivity contribution in [2.45, 2.75) is 13.3 Å². The lowest BCUT2D eigenvalue weighted by atomic mass is 10.1. The molecule has 25 heavy (non-hydrogen) atoms. The van der Waals surface area contributed by atoms with E-state index in [-0.39, 0.29) is 5.75 Å². The van der Waals surface area contributed by atoms with Crippen LogP contribution in [0.5, 0.6) is 11.5 Å². The molecule has 1 aromatic carbocycles. The lowest BCUT2D eigenvalue weighted by Gasteiger charge is -2.23. The molecule has 0 aromatic heterocycles. The fraction of sp³-hybridized carbons (Fsp3) is 0.529. The van der Waals surface area contributed by atoms with Crippen LogP contribution in [0.3, 0.4) is 0 Å². The van der Waals surface area contributed by atoms with E-state index in [2.05, 4.69) is 15.8 Å². The highest BCUT2D eigenvalue weighted by molar-refractivity contribution is 7.80. The first-order valence-electron chi connectivity index (χ1n) is 8.47. The number of quaternary nitrogens is 1. The van der Waals surface area contributed by atoms with Gasteiger partial charge in [0.2, 0.25) is 0 Å². The number of morpholine rings is 1. The Kier molecular flexibility index (Phi) is 7.90. The van der Waals surface area contributed by atoms with Gasteiger partial charge in [-0.1, -0.05) is 0 Å². The molecule has 138 valence electrons. The second-order valence-electron chi connectivity index (χ2n) is 5.91. The van der Waals surface area contributed by atoms with Gasteiger partial charge in [-0.2, -0.15) is 5.10 Å². The van der Waals surface area contributed by atoms with Crippen molar-refractivity contribution in [3.8, 4) is 11.5 Å². The number of hydrogen-bond donors (Lipinski definition) is 4. The molecule has 0 atom stereocenters. The number of hydrogen-bond acceptors (Lipinski definition) is 5. The Balaban J connectivity index is 1.71. The zero-order valence-corrected chi connectivity index (χ0v) is 15.6. The maximum absolute atomic E-state index is 10.0. The van der Waals surface area contributed by atoms with Crippen LogP contribution in [0.1, 0.15) is 18.9 Å². The number of hydrazone groups is 1. The van der Waals surface area contributed by atoms with Crippen LogP contribution in [0, 0.1) is 0 Å². The quantitative estimate of drug-likeness (QED) is 0.233. The van der Waals surface area contributed by atoms with Gasteiger partial charge in [0.15, 0.2) is 5.11 Å². The van der Waals surface area contributed by atoms with E-state index in [0.717, 1.165) is 45.8 Å². The van der Waals surface area contributed by atoms with Crippen LogP contribution < -0.4 is 20.4 Å². The highest BCUT2D eigenvalue weighted by Crippen LogP contribution is 2.23. The van der Waals surface area contributed by atoms with Gasteiger partial charge in [-0.05, 0) is 31.3 Å². The standard InChI is InChI=1S/C17H26N4O3S/c1-13(15-5-4-14(23-2)12-16(15)22)19-20-17(25)18-6-3-7-21-8-10-24-11-9-21/h4-5,12,22H,3,6-11H2,1-2H3,(H2,18,20,25)/p+1/b19-13+. The van der Waals surface area contributed by atoms with Gasteiger partial charge in [-0.3, -0.25) is 5.43 Å². The Morgan fingerprint density at radius 3 is 2.84 bits per heavy atom. The molecule has 1 heterocycles. The molecule has 0 radical (unpaired) electrons. The summed E-state index contributed by atoms with van der Waals surface area (Å²) < 4.78 is 10.4. The number of phenols is 1. The molecule has 1 aliphatic heterocycles. The second-order valence-corrected chi connectivity index (χ2v) is 6.32. The zero-order valence-electron chi connectivity index (χ0n) is 14.8. The van der Waals surface area contributed by atoms with Crippen molar-refractivity contribution in [3.63, 3.8) is 0 Å². The third-order valence-corrected chi connectivity index (χ3v) is 4.35. The van der Waals surface area contributed by atoms with E-state index in [1.54, 1.807) is 37.1 Å². The summed E-state index contributed by atoms with van der Waals surface area (Å²) in [5.74, 6) is 0.719. The van der Waals surface area contributed by atoms with Crippen molar-refractivity contribution < 1.29 is 19.5 Å². The van der Waals surface area contributed by atoms with Crippen molar-refractivity contribution in [3.05, 3.63) is 23.8 Å². The number of methoxy groups -OCH3 is 1. The van der Waals surface area contributed by atoms with Gasteiger partial charge >= 0.3 is 0 Å². The highest BCUT2D eigenvalue weighted by atomic mass is 32.1. The maximum Gasteiger partial charge on any atom is 0.186 e. The first-order chi connectivity index (χ1) is 12.1. The van der Waals surface area contributed by atoms with Gasteiger partial charge in [-0.15, -0.1) is 0 Å².